The quantitative estimate of drug-likeness (QED) is 0.868. The van der Waals surface area contributed by atoms with Crippen molar-refractivity contribution in [2.75, 3.05) is 6.54 Å². The number of nitrogens with zero attached hydrogens (tertiary/aromatic N) is 4. The van der Waals surface area contributed by atoms with Gasteiger partial charge in [-0.25, -0.2) is 9.97 Å². The molecule has 0 saturated heterocycles. The van der Waals surface area contributed by atoms with Crippen LogP contribution in [0.25, 0.3) is 0 Å². The minimum atomic E-state index is 0.385. The van der Waals surface area contributed by atoms with Gasteiger partial charge in [-0.2, -0.15) is 0 Å². The van der Waals surface area contributed by atoms with E-state index in [0.29, 0.717) is 5.92 Å². The predicted octanol–water partition coefficient (Wildman–Crippen LogP) is 2.76. The molecule has 0 amide bonds. The first-order valence-corrected chi connectivity index (χ1v) is 7.53. The van der Waals surface area contributed by atoms with Gasteiger partial charge in [0, 0.05) is 55.0 Å². The van der Waals surface area contributed by atoms with Gasteiger partial charge in [0.15, 0.2) is 0 Å². The molecule has 0 aromatic carbocycles. The highest BCUT2D eigenvalue weighted by Gasteiger charge is 2.21. The van der Waals surface area contributed by atoms with Gasteiger partial charge in [0.1, 0.15) is 11.6 Å². The second kappa shape index (κ2) is 5.56. The molecular formula is C16H22N4O. The van der Waals surface area contributed by atoms with Gasteiger partial charge in [-0.3, -0.25) is 4.90 Å². The second-order valence-electron chi connectivity index (χ2n) is 6.12. The van der Waals surface area contributed by atoms with Crippen LogP contribution in [0.15, 0.2) is 10.7 Å². The van der Waals surface area contributed by atoms with E-state index >= 15 is 0 Å². The Labute approximate surface area is 125 Å². The molecule has 0 spiro atoms. The molecule has 0 aliphatic carbocycles. The van der Waals surface area contributed by atoms with Gasteiger partial charge in [-0.15, -0.1) is 0 Å². The van der Waals surface area contributed by atoms with Gasteiger partial charge in [0.05, 0.1) is 5.69 Å². The molecule has 1 aliphatic heterocycles. The van der Waals surface area contributed by atoms with E-state index in [-0.39, 0.29) is 0 Å². The van der Waals surface area contributed by atoms with Crippen molar-refractivity contribution in [2.24, 2.45) is 0 Å². The summed E-state index contributed by atoms with van der Waals surface area (Å²) < 4.78 is 5.25. The van der Waals surface area contributed by atoms with E-state index in [0.717, 1.165) is 43.3 Å². The fourth-order valence-corrected chi connectivity index (χ4v) is 2.75. The highest BCUT2D eigenvalue weighted by Crippen LogP contribution is 2.22. The smallest absolute Gasteiger partial charge is 0.138 e. The Balaban J connectivity index is 1.76. The largest absolute Gasteiger partial charge is 0.361 e. The summed E-state index contributed by atoms with van der Waals surface area (Å²) in [4.78, 5) is 11.6. The predicted molar refractivity (Wildman–Crippen MR) is 79.9 cm³/mol. The van der Waals surface area contributed by atoms with Crippen LogP contribution in [0.1, 0.15) is 53.9 Å². The third-order valence-electron chi connectivity index (χ3n) is 4.11. The first kappa shape index (κ1) is 14.2. The minimum absolute atomic E-state index is 0.385. The average Bonchev–Trinajstić information content (AvgIpc) is 2.78. The van der Waals surface area contributed by atoms with Gasteiger partial charge in [-0.1, -0.05) is 19.0 Å². The molecule has 0 N–H and O–H groups in total. The van der Waals surface area contributed by atoms with Crippen LogP contribution >= 0.6 is 0 Å². The summed E-state index contributed by atoms with van der Waals surface area (Å²) in [5.74, 6) is 2.26. The summed E-state index contributed by atoms with van der Waals surface area (Å²) in [5.41, 5.74) is 4.66. The Morgan fingerprint density at radius 3 is 2.81 bits per heavy atom. The maximum Gasteiger partial charge on any atom is 0.138 e. The summed E-state index contributed by atoms with van der Waals surface area (Å²) in [7, 11) is 0. The lowest BCUT2D eigenvalue weighted by Crippen LogP contribution is -2.31. The Hall–Kier alpha value is -1.75. The molecule has 2 aromatic rings. The molecule has 0 atom stereocenters. The molecule has 0 bridgehead atoms. The molecule has 0 fully saturated rings. The number of hydrogen-bond donors (Lipinski definition) is 0. The van der Waals surface area contributed by atoms with Crippen LogP contribution in [-0.2, 0) is 19.5 Å². The Morgan fingerprint density at radius 2 is 2.14 bits per heavy atom. The van der Waals surface area contributed by atoms with Gasteiger partial charge in [0.25, 0.3) is 0 Å². The van der Waals surface area contributed by atoms with E-state index < -0.39 is 0 Å². The number of aromatic nitrogens is 3. The van der Waals surface area contributed by atoms with Crippen LogP contribution in [0, 0.1) is 13.8 Å². The number of fused-ring (bicyclic) bond motifs is 1. The first-order valence-electron chi connectivity index (χ1n) is 7.53. The minimum Gasteiger partial charge on any atom is -0.361 e. The molecule has 5 heteroatoms. The molecule has 0 unspecified atom stereocenters. The van der Waals surface area contributed by atoms with Crippen LogP contribution in [0.2, 0.25) is 0 Å². The van der Waals surface area contributed by atoms with Crippen molar-refractivity contribution in [2.45, 2.75) is 53.1 Å². The van der Waals surface area contributed by atoms with Crippen molar-refractivity contribution >= 4 is 0 Å². The molecule has 21 heavy (non-hydrogen) atoms. The van der Waals surface area contributed by atoms with Gasteiger partial charge in [0.2, 0.25) is 0 Å². The molecule has 1 aliphatic rings. The summed E-state index contributed by atoms with van der Waals surface area (Å²) >= 11 is 0. The van der Waals surface area contributed by atoms with Gasteiger partial charge >= 0.3 is 0 Å². The standard InChI is InChI=1S/C16H22N4O/c1-10(2)16-17-7-13-8-20(6-5-15(13)18-16)9-14-11(3)19-21-12(14)4/h7,10H,5-6,8-9H2,1-4H3. The molecule has 0 radical (unpaired) electrons. The van der Waals surface area contributed by atoms with E-state index in [1.807, 2.05) is 20.0 Å². The lowest BCUT2D eigenvalue weighted by Gasteiger charge is -2.28. The van der Waals surface area contributed by atoms with E-state index in [9.17, 15) is 0 Å². The fourth-order valence-electron chi connectivity index (χ4n) is 2.75. The Bertz CT molecular complexity index is 628. The fraction of sp³-hybridized carbons (Fsp3) is 0.562. The lowest BCUT2D eigenvalue weighted by atomic mass is 10.1. The summed E-state index contributed by atoms with van der Waals surface area (Å²) in [5, 5.41) is 4.03. The molecule has 3 rings (SSSR count). The van der Waals surface area contributed by atoms with Crippen LogP contribution in [0.4, 0.5) is 0 Å². The summed E-state index contributed by atoms with van der Waals surface area (Å²) in [6.45, 7) is 11.0. The third kappa shape index (κ3) is 2.83. The topological polar surface area (TPSA) is 55.1 Å². The Kier molecular flexibility index (Phi) is 3.76. The molecule has 2 aromatic heterocycles. The second-order valence-corrected chi connectivity index (χ2v) is 6.12. The molecule has 0 saturated carbocycles. The Morgan fingerprint density at radius 1 is 1.33 bits per heavy atom. The molecule has 112 valence electrons. The third-order valence-corrected chi connectivity index (χ3v) is 4.11. The van der Waals surface area contributed by atoms with Gasteiger partial charge in [-0.05, 0) is 13.8 Å². The van der Waals surface area contributed by atoms with Crippen LogP contribution in [-0.4, -0.2) is 26.6 Å². The highest BCUT2D eigenvalue weighted by molar-refractivity contribution is 5.24. The molecular weight excluding hydrogens is 264 g/mol. The van der Waals surface area contributed by atoms with Crippen LogP contribution < -0.4 is 0 Å². The highest BCUT2D eigenvalue weighted by atomic mass is 16.5. The maximum absolute atomic E-state index is 5.25. The average molecular weight is 286 g/mol. The zero-order valence-corrected chi connectivity index (χ0v) is 13.2. The first-order chi connectivity index (χ1) is 10.0. The van der Waals surface area contributed by atoms with Crippen LogP contribution in [0.3, 0.4) is 0 Å². The van der Waals surface area contributed by atoms with E-state index in [1.165, 1.54) is 16.8 Å². The monoisotopic (exact) mass is 286 g/mol. The lowest BCUT2D eigenvalue weighted by molar-refractivity contribution is 0.240. The summed E-state index contributed by atoms with van der Waals surface area (Å²) in [6.07, 6.45) is 2.98. The van der Waals surface area contributed by atoms with E-state index in [4.69, 9.17) is 9.51 Å². The van der Waals surface area contributed by atoms with E-state index in [2.05, 4.69) is 28.9 Å². The normalized spacial score (nSPS) is 15.5. The van der Waals surface area contributed by atoms with Crippen molar-refractivity contribution in [3.05, 3.63) is 40.3 Å². The van der Waals surface area contributed by atoms with Crippen molar-refractivity contribution in [3.8, 4) is 0 Å². The van der Waals surface area contributed by atoms with E-state index in [1.54, 1.807) is 0 Å². The molecule has 3 heterocycles. The zero-order chi connectivity index (χ0) is 15.0. The number of rotatable bonds is 3. The summed E-state index contributed by atoms with van der Waals surface area (Å²) in [6, 6.07) is 0. The van der Waals surface area contributed by atoms with Crippen LogP contribution in [0.5, 0.6) is 0 Å². The number of hydrogen-bond acceptors (Lipinski definition) is 5. The maximum atomic E-state index is 5.25. The molecule has 5 nitrogen and oxygen atoms in total. The van der Waals surface area contributed by atoms with Crippen molar-refractivity contribution < 1.29 is 4.52 Å². The SMILES string of the molecule is Cc1noc(C)c1CN1CCc2nc(C(C)C)ncc2C1. The van der Waals surface area contributed by atoms with Crippen molar-refractivity contribution in [3.63, 3.8) is 0 Å². The number of aryl methyl sites for hydroxylation is 2. The van der Waals surface area contributed by atoms with Crippen molar-refractivity contribution in [1.29, 1.82) is 0 Å². The zero-order valence-electron chi connectivity index (χ0n) is 13.2. The van der Waals surface area contributed by atoms with Crippen molar-refractivity contribution in [1.82, 2.24) is 20.0 Å². The van der Waals surface area contributed by atoms with Gasteiger partial charge < -0.3 is 4.52 Å².